The number of hydrogen-bond donors (Lipinski definition) is 0. The van der Waals surface area contributed by atoms with Crippen LogP contribution in [-0.4, -0.2) is 34.3 Å². The highest BCUT2D eigenvalue weighted by Crippen LogP contribution is 2.29. The Balaban J connectivity index is 1.59. The predicted molar refractivity (Wildman–Crippen MR) is 106 cm³/mol. The van der Waals surface area contributed by atoms with Crippen LogP contribution in [0.4, 0.5) is 10.5 Å². The molecule has 2 aliphatic rings. The molecule has 0 spiro atoms. The average Bonchev–Trinajstić information content (AvgIpc) is 2.99. The molecule has 0 unspecified atom stereocenters. The van der Waals surface area contributed by atoms with E-state index >= 15 is 0 Å². The van der Waals surface area contributed by atoms with E-state index in [1.165, 1.54) is 16.0 Å². The van der Waals surface area contributed by atoms with Crippen LogP contribution in [-0.2, 0) is 17.8 Å². The van der Waals surface area contributed by atoms with Crippen molar-refractivity contribution in [1.29, 1.82) is 0 Å². The fraction of sp³-hybridized carbons (Fsp3) is 0.286. The summed E-state index contributed by atoms with van der Waals surface area (Å²) in [5.41, 5.74) is 4.74. The second-order valence-electron chi connectivity index (χ2n) is 6.93. The van der Waals surface area contributed by atoms with Gasteiger partial charge in [-0.15, -0.1) is 0 Å². The summed E-state index contributed by atoms with van der Waals surface area (Å²) in [6, 6.07) is 13.4. The average molecular weight is 380 g/mol. The molecule has 138 valence electrons. The van der Waals surface area contributed by atoms with Gasteiger partial charge in [0, 0.05) is 17.8 Å². The van der Waals surface area contributed by atoms with Gasteiger partial charge in [-0.1, -0.05) is 41.6 Å². The molecule has 0 radical (unpaired) electrons. The molecule has 0 bridgehead atoms. The van der Waals surface area contributed by atoms with Crippen molar-refractivity contribution < 1.29 is 14.4 Å². The van der Waals surface area contributed by atoms with Crippen LogP contribution in [0.5, 0.6) is 0 Å². The van der Waals surface area contributed by atoms with E-state index in [2.05, 4.69) is 13.0 Å². The Morgan fingerprint density at radius 1 is 1.15 bits per heavy atom. The molecule has 2 aliphatic heterocycles. The Hall–Kier alpha value is -2.60. The molecular weight excluding hydrogens is 360 g/mol. The first-order valence-electron chi connectivity index (χ1n) is 9.00. The summed E-state index contributed by atoms with van der Waals surface area (Å²) in [4.78, 5) is 39.9. The molecule has 0 N–H and O–H groups in total. The maximum Gasteiger partial charge on any atom is 0.289 e. The molecule has 0 saturated carbocycles. The fourth-order valence-corrected chi connectivity index (χ4v) is 4.34. The zero-order valence-electron chi connectivity index (χ0n) is 15.1. The third-order valence-corrected chi connectivity index (χ3v) is 5.81. The summed E-state index contributed by atoms with van der Waals surface area (Å²) in [5, 5.41) is -0.225. The van der Waals surface area contributed by atoms with Crippen LogP contribution in [0.15, 0.2) is 42.5 Å². The molecule has 2 aromatic rings. The van der Waals surface area contributed by atoms with Gasteiger partial charge in [0.2, 0.25) is 5.91 Å². The standard InChI is InChI=1S/C21H20N2O3S/c1-14-7-8-18-16(10-14)6-3-9-22(18)20(25)17-5-2-4-15(11-17)12-23-19(24)13-27-21(23)26/h2,4-5,7-8,10-11H,3,6,9,12-13H2,1H3. The molecule has 2 aromatic carbocycles. The molecule has 27 heavy (non-hydrogen) atoms. The number of anilines is 1. The molecule has 5 nitrogen and oxygen atoms in total. The number of carbonyl (C=O) groups excluding carboxylic acids is 3. The summed E-state index contributed by atoms with van der Waals surface area (Å²) in [6.07, 6.45) is 1.92. The van der Waals surface area contributed by atoms with Crippen molar-refractivity contribution in [3.05, 3.63) is 64.7 Å². The Morgan fingerprint density at radius 3 is 2.78 bits per heavy atom. The molecule has 0 aromatic heterocycles. The highest BCUT2D eigenvalue weighted by Gasteiger charge is 2.30. The Bertz CT molecular complexity index is 925. The van der Waals surface area contributed by atoms with Crippen molar-refractivity contribution in [1.82, 2.24) is 4.90 Å². The molecule has 0 atom stereocenters. The molecule has 4 rings (SSSR count). The lowest BCUT2D eigenvalue weighted by molar-refractivity contribution is -0.125. The number of aryl methyl sites for hydroxylation is 2. The van der Waals surface area contributed by atoms with Crippen molar-refractivity contribution in [2.24, 2.45) is 0 Å². The second kappa shape index (κ2) is 7.19. The minimum atomic E-state index is -0.225. The number of thioether (sulfide) groups is 1. The van der Waals surface area contributed by atoms with Gasteiger partial charge in [0.1, 0.15) is 0 Å². The number of nitrogens with zero attached hydrogens (tertiary/aromatic N) is 2. The van der Waals surface area contributed by atoms with Crippen molar-refractivity contribution in [2.75, 3.05) is 17.2 Å². The number of imide groups is 1. The Morgan fingerprint density at radius 2 is 2.00 bits per heavy atom. The van der Waals surface area contributed by atoms with Crippen LogP contribution in [0.3, 0.4) is 0 Å². The topological polar surface area (TPSA) is 57.7 Å². The molecule has 1 saturated heterocycles. The summed E-state index contributed by atoms with van der Waals surface area (Å²) >= 11 is 1.02. The Labute approximate surface area is 162 Å². The first-order chi connectivity index (χ1) is 13.0. The van der Waals surface area contributed by atoms with Crippen molar-refractivity contribution in [3.8, 4) is 0 Å². The quantitative estimate of drug-likeness (QED) is 0.813. The van der Waals surface area contributed by atoms with Gasteiger partial charge in [-0.25, -0.2) is 0 Å². The number of hydrogen-bond acceptors (Lipinski definition) is 4. The van der Waals surface area contributed by atoms with E-state index in [0.717, 1.165) is 35.9 Å². The first kappa shape index (κ1) is 17.8. The third kappa shape index (κ3) is 3.49. The summed E-state index contributed by atoms with van der Waals surface area (Å²) in [6.45, 7) is 2.96. The maximum atomic E-state index is 13.1. The van der Waals surface area contributed by atoms with Gasteiger partial charge in [-0.05, 0) is 49.1 Å². The lowest BCUT2D eigenvalue weighted by Gasteiger charge is -2.30. The molecule has 0 aliphatic carbocycles. The number of amides is 3. The van der Waals surface area contributed by atoms with E-state index in [1.54, 1.807) is 18.2 Å². The number of carbonyl (C=O) groups is 3. The van der Waals surface area contributed by atoms with Gasteiger partial charge < -0.3 is 4.90 Å². The molecule has 6 heteroatoms. The molecular formula is C21H20N2O3S. The second-order valence-corrected chi connectivity index (χ2v) is 7.85. The lowest BCUT2D eigenvalue weighted by Crippen LogP contribution is -2.35. The SMILES string of the molecule is Cc1ccc2c(c1)CCCN2C(=O)c1cccc(CN2C(=O)CSC2=O)c1. The van der Waals surface area contributed by atoms with E-state index in [1.807, 2.05) is 23.1 Å². The van der Waals surface area contributed by atoms with Gasteiger partial charge in [-0.2, -0.15) is 0 Å². The highest BCUT2D eigenvalue weighted by atomic mass is 32.2. The van der Waals surface area contributed by atoms with Gasteiger partial charge >= 0.3 is 0 Å². The lowest BCUT2D eigenvalue weighted by atomic mass is 9.98. The molecule has 1 fully saturated rings. The van der Waals surface area contributed by atoms with Gasteiger partial charge in [0.15, 0.2) is 0 Å². The van der Waals surface area contributed by atoms with Gasteiger partial charge in [-0.3, -0.25) is 19.3 Å². The van der Waals surface area contributed by atoms with Crippen LogP contribution in [0.2, 0.25) is 0 Å². The number of benzene rings is 2. The monoisotopic (exact) mass is 380 g/mol. The molecule has 3 amide bonds. The van der Waals surface area contributed by atoms with E-state index in [4.69, 9.17) is 0 Å². The van der Waals surface area contributed by atoms with E-state index in [-0.39, 0.29) is 29.4 Å². The minimum Gasteiger partial charge on any atom is -0.308 e. The minimum absolute atomic E-state index is 0.0462. The zero-order valence-corrected chi connectivity index (χ0v) is 15.9. The Kier molecular flexibility index (Phi) is 4.74. The van der Waals surface area contributed by atoms with Crippen LogP contribution in [0.25, 0.3) is 0 Å². The van der Waals surface area contributed by atoms with Crippen LogP contribution in [0.1, 0.15) is 33.5 Å². The summed E-state index contributed by atoms with van der Waals surface area (Å²) in [5.74, 6) is -0.0290. The molecule has 2 heterocycles. The number of rotatable bonds is 3. The predicted octanol–water partition coefficient (Wildman–Crippen LogP) is 3.78. The maximum absolute atomic E-state index is 13.1. The fourth-order valence-electron chi connectivity index (χ4n) is 3.61. The van der Waals surface area contributed by atoms with Gasteiger partial charge in [0.05, 0.1) is 12.3 Å². The van der Waals surface area contributed by atoms with E-state index < -0.39 is 0 Å². The normalized spacial score (nSPS) is 16.6. The van der Waals surface area contributed by atoms with Crippen molar-refractivity contribution in [3.63, 3.8) is 0 Å². The van der Waals surface area contributed by atoms with Crippen LogP contribution in [0, 0.1) is 6.92 Å². The largest absolute Gasteiger partial charge is 0.308 e. The summed E-state index contributed by atoms with van der Waals surface area (Å²) in [7, 11) is 0. The van der Waals surface area contributed by atoms with Crippen molar-refractivity contribution >= 4 is 34.5 Å². The van der Waals surface area contributed by atoms with E-state index in [9.17, 15) is 14.4 Å². The van der Waals surface area contributed by atoms with Gasteiger partial charge in [0.25, 0.3) is 11.1 Å². The summed E-state index contributed by atoms with van der Waals surface area (Å²) < 4.78 is 0. The third-order valence-electron chi connectivity index (χ3n) is 4.95. The number of fused-ring (bicyclic) bond motifs is 1. The van der Waals surface area contributed by atoms with E-state index in [0.29, 0.717) is 12.1 Å². The highest BCUT2D eigenvalue weighted by molar-refractivity contribution is 8.14. The smallest absolute Gasteiger partial charge is 0.289 e. The zero-order chi connectivity index (χ0) is 19.0. The van der Waals surface area contributed by atoms with Crippen molar-refractivity contribution in [2.45, 2.75) is 26.3 Å². The van der Waals surface area contributed by atoms with Crippen LogP contribution >= 0.6 is 11.8 Å². The van der Waals surface area contributed by atoms with Crippen LogP contribution < -0.4 is 4.90 Å². The first-order valence-corrected chi connectivity index (χ1v) is 9.99.